The van der Waals surface area contributed by atoms with E-state index in [-0.39, 0.29) is 94.8 Å². The summed E-state index contributed by atoms with van der Waals surface area (Å²) in [5.41, 5.74) is 3.64. The summed E-state index contributed by atoms with van der Waals surface area (Å²) < 4.78 is 32.0. The van der Waals surface area contributed by atoms with Crippen LogP contribution in [-0.2, 0) is 27.5 Å². The first-order valence-electron chi connectivity index (χ1n) is 23.8. The molecule has 0 bridgehead atoms. The summed E-state index contributed by atoms with van der Waals surface area (Å²) in [7, 11) is 0. The van der Waals surface area contributed by atoms with Crippen molar-refractivity contribution in [2.24, 2.45) is 22.9 Å². The number of non-ortho nitro benzene ring substituents is 1. The van der Waals surface area contributed by atoms with Gasteiger partial charge in [-0.2, -0.15) is 0 Å². The van der Waals surface area contributed by atoms with Crippen LogP contribution in [0.25, 0.3) is 0 Å². The van der Waals surface area contributed by atoms with Crippen molar-refractivity contribution in [1.29, 1.82) is 0 Å². The van der Waals surface area contributed by atoms with Crippen molar-refractivity contribution in [2.75, 3.05) is 46.2 Å². The number of nitrogens with zero attached hydrogens (tertiary/aromatic N) is 3. The summed E-state index contributed by atoms with van der Waals surface area (Å²) >= 11 is 0. The van der Waals surface area contributed by atoms with Crippen molar-refractivity contribution in [2.45, 2.75) is 75.8 Å². The van der Waals surface area contributed by atoms with Crippen LogP contribution in [0.1, 0.15) is 67.6 Å². The van der Waals surface area contributed by atoms with Crippen LogP contribution < -0.4 is 19.5 Å². The second kappa shape index (κ2) is 25.3. The summed E-state index contributed by atoms with van der Waals surface area (Å²) in [5, 5.41) is 48.8. The normalized spacial score (nSPS) is 21.6. The molecule has 4 aromatic carbocycles. The largest absolute Gasteiger partial charge is 0.459 e. The minimum Gasteiger partial charge on any atom is -0.459 e. The van der Waals surface area contributed by atoms with Crippen molar-refractivity contribution >= 4 is 23.6 Å². The van der Waals surface area contributed by atoms with Crippen LogP contribution >= 0.6 is 0 Å². The van der Waals surface area contributed by atoms with Gasteiger partial charge in [0.1, 0.15) is 29.9 Å². The zero-order valence-electron chi connectivity index (χ0n) is 39.1. The van der Waals surface area contributed by atoms with E-state index >= 15 is 0 Å². The molecule has 17 nitrogen and oxygen atoms in total. The van der Waals surface area contributed by atoms with Gasteiger partial charge in [0, 0.05) is 56.3 Å². The molecule has 70 heavy (non-hydrogen) atoms. The van der Waals surface area contributed by atoms with Crippen LogP contribution in [0, 0.1) is 27.9 Å². The molecule has 2 aliphatic carbocycles. The molecule has 1 saturated carbocycles. The quantitative estimate of drug-likeness (QED) is 0.0213. The number of nitro benzene ring substituents is 1. The molecule has 4 N–H and O–H groups in total. The van der Waals surface area contributed by atoms with E-state index in [1.165, 1.54) is 29.2 Å². The molecule has 6 atom stereocenters. The Morgan fingerprint density at radius 3 is 2.26 bits per heavy atom. The molecule has 0 radical (unpaired) electrons. The van der Waals surface area contributed by atoms with Gasteiger partial charge in [0.15, 0.2) is 0 Å². The van der Waals surface area contributed by atoms with Gasteiger partial charge in [0.05, 0.1) is 43.0 Å². The van der Waals surface area contributed by atoms with Gasteiger partial charge in [-0.15, -0.1) is 6.58 Å². The highest BCUT2D eigenvalue weighted by atomic mass is 16.7. The minimum absolute atomic E-state index is 0.00106. The molecule has 4 aromatic rings. The molecule has 1 fully saturated rings. The summed E-state index contributed by atoms with van der Waals surface area (Å²) in [6, 6.07) is 28.4. The molecule has 3 aliphatic rings. The lowest BCUT2D eigenvalue weighted by Gasteiger charge is -2.59. The van der Waals surface area contributed by atoms with Gasteiger partial charge in [-0.1, -0.05) is 90.8 Å². The standard InChI is InChI=1S/C53H62N4O13/c1-2-29-66-53-48(56(25-30-65-31-28-60)52(62)69-41-21-19-40(20-22-41)57(63)64)34-46(55-67-36-38-15-7-4-8-16-38)44-32-39(17-9-11-26-58)43(18-10-12-27-59)49(50(44)53)45-33-42(23-24-47(45)70-53)68-51(61)54-35-37-13-5-3-6-14-37/h2-8,13-16,19-24,32-33,39,43,48-50,58-60H,1,9-12,17-18,25-31,34-36H2,(H,54,61)/t39-,43+,48-,49+,50+,53+/m0/s1. The van der Waals surface area contributed by atoms with Crippen LogP contribution in [0.5, 0.6) is 17.2 Å². The lowest BCUT2D eigenvalue weighted by atomic mass is 9.55. The number of carbonyl (C=O) groups excluding carboxylic acids is 2. The van der Waals surface area contributed by atoms with Gasteiger partial charge < -0.3 is 49.2 Å². The average molecular weight is 963 g/mol. The average Bonchev–Trinajstić information content (AvgIpc) is 3.37. The van der Waals surface area contributed by atoms with Crippen molar-refractivity contribution in [3.8, 4) is 17.2 Å². The lowest BCUT2D eigenvalue weighted by Crippen LogP contribution is -2.70. The number of fused-ring (bicyclic) bond motifs is 2. The minimum atomic E-state index is -1.68. The maximum absolute atomic E-state index is 14.9. The number of nitro groups is 1. The van der Waals surface area contributed by atoms with Crippen molar-refractivity contribution in [3.63, 3.8) is 0 Å². The molecule has 17 heteroatoms. The third kappa shape index (κ3) is 12.6. The Labute approximate surface area is 407 Å². The molecular formula is C53H62N4O13. The van der Waals surface area contributed by atoms with Crippen LogP contribution in [0.15, 0.2) is 133 Å². The number of amides is 2. The Hall–Kier alpha value is -6.63. The molecule has 2 amide bonds. The highest BCUT2D eigenvalue weighted by Gasteiger charge is 2.65. The molecule has 372 valence electrons. The molecule has 0 saturated heterocycles. The number of oxime groups is 1. The van der Waals surface area contributed by atoms with Crippen molar-refractivity contribution in [1.82, 2.24) is 10.2 Å². The van der Waals surface area contributed by atoms with E-state index in [1.54, 1.807) is 18.2 Å². The van der Waals surface area contributed by atoms with E-state index in [1.807, 2.05) is 66.7 Å². The topological polar surface area (TPSA) is 221 Å². The number of unbranched alkanes of at least 4 members (excludes halogenated alkanes) is 2. The molecule has 0 spiro atoms. The molecule has 1 heterocycles. The Bertz CT molecular complexity index is 2420. The van der Waals surface area contributed by atoms with Gasteiger partial charge in [-0.05, 0) is 84.6 Å². The Balaban J connectivity index is 1.39. The fraction of sp³-hybridized carbons (Fsp3) is 0.415. The number of rotatable bonds is 25. The molecule has 1 aliphatic heterocycles. The Morgan fingerprint density at radius 2 is 1.57 bits per heavy atom. The maximum Gasteiger partial charge on any atom is 0.415 e. The zero-order valence-corrected chi connectivity index (χ0v) is 39.1. The summed E-state index contributed by atoms with van der Waals surface area (Å²) in [4.78, 5) is 46.8. The first kappa shape index (κ1) is 51.2. The van der Waals surface area contributed by atoms with Gasteiger partial charge in [0.25, 0.3) is 5.69 Å². The van der Waals surface area contributed by atoms with Gasteiger partial charge in [-0.3, -0.25) is 15.0 Å². The molecular weight excluding hydrogens is 901 g/mol. The Kier molecular flexibility index (Phi) is 18.5. The smallest absolute Gasteiger partial charge is 0.415 e. The van der Waals surface area contributed by atoms with E-state index in [0.29, 0.717) is 43.6 Å². The summed E-state index contributed by atoms with van der Waals surface area (Å²) in [5.74, 6) is -2.28. The number of hydrogen-bond donors (Lipinski definition) is 4. The van der Waals surface area contributed by atoms with Crippen molar-refractivity contribution < 1.29 is 58.4 Å². The van der Waals surface area contributed by atoms with Gasteiger partial charge in [-0.25, -0.2) is 9.59 Å². The van der Waals surface area contributed by atoms with Crippen LogP contribution in [0.4, 0.5) is 15.3 Å². The highest BCUT2D eigenvalue weighted by Crippen LogP contribution is 2.62. The van der Waals surface area contributed by atoms with Gasteiger partial charge >= 0.3 is 12.2 Å². The zero-order chi connectivity index (χ0) is 49.3. The number of carbonyl (C=O) groups is 2. The number of nitrogens with one attached hydrogen (secondary N) is 1. The number of hydrogen-bond acceptors (Lipinski definition) is 14. The third-order valence-corrected chi connectivity index (χ3v) is 13.0. The lowest BCUT2D eigenvalue weighted by molar-refractivity contribution is -0.384. The number of allylic oxidation sites excluding steroid dienone is 1. The number of benzene rings is 4. The fourth-order valence-corrected chi connectivity index (χ4v) is 9.88. The second-order valence-electron chi connectivity index (χ2n) is 17.4. The first-order chi connectivity index (χ1) is 34.2. The Morgan fingerprint density at radius 1 is 0.871 bits per heavy atom. The number of ether oxygens (including phenoxy) is 5. The number of aliphatic hydroxyl groups excluding tert-OH is 3. The van der Waals surface area contributed by atoms with E-state index < -0.39 is 40.8 Å². The van der Waals surface area contributed by atoms with E-state index in [4.69, 9.17) is 33.7 Å². The molecule has 0 aromatic heterocycles. The fourth-order valence-electron chi connectivity index (χ4n) is 9.88. The van der Waals surface area contributed by atoms with E-state index in [9.17, 15) is 35.0 Å². The maximum atomic E-state index is 14.9. The van der Waals surface area contributed by atoms with E-state index in [0.717, 1.165) is 28.7 Å². The summed E-state index contributed by atoms with van der Waals surface area (Å²) in [6.07, 6.45) is 6.29. The first-order valence-corrected chi connectivity index (χ1v) is 23.8. The monoisotopic (exact) mass is 962 g/mol. The highest BCUT2D eigenvalue weighted by molar-refractivity contribution is 6.03. The summed E-state index contributed by atoms with van der Waals surface area (Å²) in [6.45, 7) is 4.04. The SMILES string of the molecule is C=CCO[C@@]12Oc3ccc(OC(=O)NCc4ccccc4)cc3[C@H]3[C@H](CCCCO)[C@@H](CCCCO)C=C(C(=NOCc4ccccc4)C[C@@H]1N(CCOCCO)C(=O)Oc1ccc([N+](=O)[O-])cc1)[C@H]32. The van der Waals surface area contributed by atoms with E-state index in [2.05, 4.69) is 18.0 Å². The van der Waals surface area contributed by atoms with Crippen LogP contribution in [-0.4, -0.2) is 101 Å². The molecule has 7 rings (SSSR count). The van der Waals surface area contributed by atoms with Crippen LogP contribution in [0.2, 0.25) is 0 Å². The van der Waals surface area contributed by atoms with Gasteiger partial charge in [0.2, 0.25) is 5.79 Å². The molecule has 0 unspecified atom stereocenters. The third-order valence-electron chi connectivity index (χ3n) is 13.0. The second-order valence-corrected chi connectivity index (χ2v) is 17.4. The predicted octanol–water partition coefficient (Wildman–Crippen LogP) is 8.23. The number of aliphatic hydroxyl groups is 3. The predicted molar refractivity (Wildman–Crippen MR) is 259 cm³/mol. The van der Waals surface area contributed by atoms with Crippen LogP contribution in [0.3, 0.4) is 0 Å². The van der Waals surface area contributed by atoms with Crippen molar-refractivity contribution in [3.05, 3.63) is 154 Å².